The zero-order valence-corrected chi connectivity index (χ0v) is 14.7. The van der Waals surface area contributed by atoms with Gasteiger partial charge in [0.15, 0.2) is 10.8 Å². The van der Waals surface area contributed by atoms with Gasteiger partial charge in [0.05, 0.1) is 38.3 Å². The third-order valence-corrected chi connectivity index (χ3v) is 4.16. The molecule has 0 aliphatic rings. The molecule has 0 fully saturated rings. The van der Waals surface area contributed by atoms with Gasteiger partial charge in [-0.25, -0.2) is 9.97 Å². The molecule has 2 N–H and O–H groups in total. The van der Waals surface area contributed by atoms with Crippen LogP contribution in [0.2, 0.25) is 10.2 Å². The zero-order valence-electron chi connectivity index (χ0n) is 13.2. The average Bonchev–Trinajstić information content (AvgIpc) is 2.93. The van der Waals surface area contributed by atoms with E-state index in [0.29, 0.717) is 33.5 Å². The van der Waals surface area contributed by atoms with Gasteiger partial charge in [0.25, 0.3) is 0 Å². The number of rotatable bonds is 4. The van der Waals surface area contributed by atoms with Crippen LogP contribution in [0.25, 0.3) is 11.2 Å². The molecule has 10 heteroatoms. The lowest BCUT2D eigenvalue weighted by Gasteiger charge is -2.14. The van der Waals surface area contributed by atoms with Gasteiger partial charge in [0.2, 0.25) is 11.8 Å². The summed E-state index contributed by atoms with van der Waals surface area (Å²) in [4.78, 5) is 16.7. The number of anilines is 1. The van der Waals surface area contributed by atoms with Crippen LogP contribution in [0.5, 0.6) is 11.6 Å². The number of imidazole rings is 1. The van der Waals surface area contributed by atoms with E-state index in [9.17, 15) is 0 Å². The normalized spacial score (nSPS) is 11.0. The monoisotopic (exact) mass is 368 g/mol. The third kappa shape index (κ3) is 2.67. The number of hydrogen-bond acceptors (Lipinski definition) is 7. The number of fused-ring (bicyclic) bond motifs is 1. The van der Waals surface area contributed by atoms with Crippen molar-refractivity contribution in [2.75, 3.05) is 20.0 Å². The molecule has 126 valence electrons. The molecule has 3 heterocycles. The summed E-state index contributed by atoms with van der Waals surface area (Å²) in [6.45, 7) is 2.11. The van der Waals surface area contributed by atoms with Crippen LogP contribution in [0.1, 0.15) is 11.3 Å². The number of pyridine rings is 1. The molecule has 3 aromatic heterocycles. The lowest BCUT2D eigenvalue weighted by Crippen LogP contribution is -2.07. The molecule has 24 heavy (non-hydrogen) atoms. The summed E-state index contributed by atoms with van der Waals surface area (Å²) >= 11 is 12.5. The van der Waals surface area contributed by atoms with Crippen LogP contribution in [0.4, 0.5) is 5.95 Å². The molecular weight excluding hydrogens is 355 g/mol. The number of nitrogen functional groups attached to an aromatic ring is 1. The molecule has 0 aliphatic carbocycles. The maximum absolute atomic E-state index is 6.41. The number of aromatic nitrogens is 5. The topological polar surface area (TPSA) is 101 Å². The van der Waals surface area contributed by atoms with Crippen molar-refractivity contribution in [1.29, 1.82) is 0 Å². The summed E-state index contributed by atoms with van der Waals surface area (Å²) in [6.07, 6.45) is 1.57. The highest BCUT2D eigenvalue weighted by molar-refractivity contribution is 6.33. The first-order chi connectivity index (χ1) is 11.5. The summed E-state index contributed by atoms with van der Waals surface area (Å²) in [6, 6.07) is 0. The van der Waals surface area contributed by atoms with Crippen molar-refractivity contribution in [2.45, 2.75) is 13.5 Å². The maximum atomic E-state index is 6.41. The molecule has 3 aromatic rings. The molecular formula is C14H14Cl2N6O2. The first kappa shape index (κ1) is 16.5. The SMILES string of the molecule is COc1nc(Cn2cnc3c(Cl)nc(N)nc32)c(Cl)c(OC)c1C. The van der Waals surface area contributed by atoms with Gasteiger partial charge in [-0.05, 0) is 6.92 Å². The van der Waals surface area contributed by atoms with E-state index in [-0.39, 0.29) is 17.6 Å². The van der Waals surface area contributed by atoms with Gasteiger partial charge < -0.3 is 19.8 Å². The largest absolute Gasteiger partial charge is 0.495 e. The standard InChI is InChI=1S/C14H14Cl2N6O2/c1-6-10(23-2)8(15)7(19-13(6)24-3)4-22-5-18-9-11(16)20-14(17)21-12(9)22/h5H,4H2,1-3H3,(H2,17,20,21). The molecule has 3 rings (SSSR count). The molecule has 0 aromatic carbocycles. The molecule has 0 bridgehead atoms. The highest BCUT2D eigenvalue weighted by atomic mass is 35.5. The van der Waals surface area contributed by atoms with E-state index in [1.54, 1.807) is 10.9 Å². The Morgan fingerprint density at radius 1 is 1.17 bits per heavy atom. The molecule has 0 spiro atoms. The Balaban J connectivity index is 2.12. The number of nitrogens with zero attached hydrogens (tertiary/aromatic N) is 5. The Hall–Kier alpha value is -2.32. The fourth-order valence-corrected chi connectivity index (χ4v) is 2.94. The number of halogens is 2. The maximum Gasteiger partial charge on any atom is 0.223 e. The molecule has 0 aliphatic heterocycles. The summed E-state index contributed by atoms with van der Waals surface area (Å²) in [5, 5.41) is 0.583. The first-order valence-electron chi connectivity index (χ1n) is 6.87. The highest BCUT2D eigenvalue weighted by Crippen LogP contribution is 2.36. The lowest BCUT2D eigenvalue weighted by molar-refractivity contribution is 0.374. The van der Waals surface area contributed by atoms with Crippen LogP contribution in [0.15, 0.2) is 6.33 Å². The minimum Gasteiger partial charge on any atom is -0.495 e. The van der Waals surface area contributed by atoms with Crippen molar-refractivity contribution < 1.29 is 9.47 Å². The Bertz CT molecular complexity index is 928. The summed E-state index contributed by atoms with van der Waals surface area (Å²) in [5.74, 6) is 1.00. The molecule has 0 radical (unpaired) electrons. The van der Waals surface area contributed by atoms with Gasteiger partial charge in [0.1, 0.15) is 16.3 Å². The molecule has 0 atom stereocenters. The van der Waals surface area contributed by atoms with Crippen LogP contribution in [0.3, 0.4) is 0 Å². The predicted octanol–water partition coefficient (Wildman–Crippen LogP) is 2.48. The molecule has 8 nitrogen and oxygen atoms in total. The smallest absolute Gasteiger partial charge is 0.223 e. The average molecular weight is 369 g/mol. The van der Waals surface area contributed by atoms with Gasteiger partial charge >= 0.3 is 0 Å². The van der Waals surface area contributed by atoms with E-state index in [1.165, 1.54) is 14.2 Å². The second-order valence-electron chi connectivity index (χ2n) is 4.96. The van der Waals surface area contributed by atoms with E-state index in [2.05, 4.69) is 19.9 Å². The van der Waals surface area contributed by atoms with E-state index >= 15 is 0 Å². The van der Waals surface area contributed by atoms with Crippen LogP contribution < -0.4 is 15.2 Å². The van der Waals surface area contributed by atoms with Gasteiger partial charge in [-0.1, -0.05) is 23.2 Å². The number of ether oxygens (including phenoxy) is 2. The summed E-state index contributed by atoms with van der Waals surface area (Å²) in [7, 11) is 3.07. The van der Waals surface area contributed by atoms with Gasteiger partial charge in [0, 0.05) is 0 Å². The zero-order chi connectivity index (χ0) is 17.4. The first-order valence-corrected chi connectivity index (χ1v) is 7.62. The second kappa shape index (κ2) is 6.29. The second-order valence-corrected chi connectivity index (χ2v) is 5.69. The minimum atomic E-state index is 0.0624. The summed E-state index contributed by atoms with van der Waals surface area (Å²) in [5.41, 5.74) is 7.87. The van der Waals surface area contributed by atoms with E-state index in [4.69, 9.17) is 38.4 Å². The van der Waals surface area contributed by atoms with Crippen molar-refractivity contribution in [3.05, 3.63) is 27.8 Å². The van der Waals surface area contributed by atoms with E-state index in [1.807, 2.05) is 6.92 Å². The van der Waals surface area contributed by atoms with Crippen LogP contribution in [-0.2, 0) is 6.54 Å². The number of nitrogens with two attached hydrogens (primary N) is 1. The van der Waals surface area contributed by atoms with Gasteiger partial charge in [-0.3, -0.25) is 0 Å². The van der Waals surface area contributed by atoms with Crippen molar-refractivity contribution in [2.24, 2.45) is 0 Å². The minimum absolute atomic E-state index is 0.0624. The Labute approximate surface area is 147 Å². The van der Waals surface area contributed by atoms with Crippen LogP contribution >= 0.6 is 23.2 Å². The Morgan fingerprint density at radius 3 is 2.58 bits per heavy atom. The van der Waals surface area contributed by atoms with Gasteiger partial charge in [-0.15, -0.1) is 0 Å². The van der Waals surface area contributed by atoms with Gasteiger partial charge in [-0.2, -0.15) is 9.97 Å². The fraction of sp³-hybridized carbons (Fsp3) is 0.286. The predicted molar refractivity (Wildman–Crippen MR) is 90.9 cm³/mol. The molecule has 0 saturated heterocycles. The van der Waals surface area contributed by atoms with Crippen LogP contribution in [-0.4, -0.2) is 38.7 Å². The van der Waals surface area contributed by atoms with E-state index in [0.717, 1.165) is 5.56 Å². The number of hydrogen-bond donors (Lipinski definition) is 1. The molecule has 0 amide bonds. The van der Waals surface area contributed by atoms with Crippen molar-refractivity contribution in [3.63, 3.8) is 0 Å². The number of methoxy groups -OCH3 is 2. The molecule has 0 saturated carbocycles. The lowest BCUT2D eigenvalue weighted by atomic mass is 10.2. The highest BCUT2D eigenvalue weighted by Gasteiger charge is 2.19. The third-order valence-electron chi connectivity index (χ3n) is 3.51. The fourth-order valence-electron chi connectivity index (χ4n) is 2.40. The summed E-state index contributed by atoms with van der Waals surface area (Å²) < 4.78 is 12.4. The Kier molecular flexibility index (Phi) is 4.33. The van der Waals surface area contributed by atoms with Crippen LogP contribution in [0, 0.1) is 6.92 Å². The quantitative estimate of drug-likeness (QED) is 0.705. The van der Waals surface area contributed by atoms with Crippen molar-refractivity contribution >= 4 is 40.3 Å². The Morgan fingerprint density at radius 2 is 1.92 bits per heavy atom. The van der Waals surface area contributed by atoms with Crippen molar-refractivity contribution in [1.82, 2.24) is 24.5 Å². The van der Waals surface area contributed by atoms with Crippen molar-refractivity contribution in [3.8, 4) is 11.6 Å². The van der Waals surface area contributed by atoms with E-state index < -0.39 is 0 Å². The molecule has 0 unspecified atom stereocenters.